The molecule has 96 valence electrons. The summed E-state index contributed by atoms with van der Waals surface area (Å²) in [5, 5.41) is 0. The van der Waals surface area contributed by atoms with Gasteiger partial charge in [-0.2, -0.15) is 0 Å². The molecule has 0 bridgehead atoms. The van der Waals surface area contributed by atoms with Crippen LogP contribution in [0.2, 0.25) is 0 Å². The Morgan fingerprint density at radius 2 is 1.76 bits per heavy atom. The Morgan fingerprint density at radius 3 is 2.29 bits per heavy atom. The first-order chi connectivity index (χ1) is 8.02. The van der Waals surface area contributed by atoms with Gasteiger partial charge in [0, 0.05) is 18.8 Å². The van der Waals surface area contributed by atoms with Crippen molar-refractivity contribution in [3.8, 4) is 0 Å². The summed E-state index contributed by atoms with van der Waals surface area (Å²) in [6, 6.07) is 0. The molecule has 0 aromatic heterocycles. The van der Waals surface area contributed by atoms with Crippen molar-refractivity contribution in [1.29, 1.82) is 0 Å². The number of nitrogens with zero attached hydrogens (tertiary/aromatic N) is 1. The van der Waals surface area contributed by atoms with Crippen LogP contribution in [0.3, 0.4) is 0 Å². The van der Waals surface area contributed by atoms with E-state index in [1.807, 2.05) is 19.1 Å². The second kappa shape index (κ2) is 6.60. The standard InChI is InChI=1S/C14H22FNO/c1-11(7-8-15)5-6-12(2)16-9-13(3)17-14(4)10-16/h5-8,13-14H,9-10H2,1-4H3/b8-7+,11-5-,12-6+. The second-order valence-corrected chi connectivity index (χ2v) is 4.67. The summed E-state index contributed by atoms with van der Waals surface area (Å²) in [5.41, 5.74) is 2.10. The number of morpholine rings is 1. The topological polar surface area (TPSA) is 12.5 Å². The van der Waals surface area contributed by atoms with E-state index in [-0.39, 0.29) is 12.2 Å². The second-order valence-electron chi connectivity index (χ2n) is 4.67. The molecule has 1 heterocycles. The van der Waals surface area contributed by atoms with Gasteiger partial charge in [-0.15, -0.1) is 0 Å². The minimum Gasteiger partial charge on any atom is -0.372 e. The average Bonchev–Trinajstić information content (AvgIpc) is 2.25. The third-order valence-electron chi connectivity index (χ3n) is 2.83. The van der Waals surface area contributed by atoms with E-state index in [2.05, 4.69) is 25.7 Å². The molecular weight excluding hydrogens is 217 g/mol. The Labute approximate surface area is 103 Å². The van der Waals surface area contributed by atoms with Crippen LogP contribution in [0.15, 0.2) is 35.8 Å². The Kier molecular flexibility index (Phi) is 5.42. The van der Waals surface area contributed by atoms with Crippen molar-refractivity contribution >= 4 is 0 Å². The van der Waals surface area contributed by atoms with Gasteiger partial charge in [0.05, 0.1) is 18.5 Å². The van der Waals surface area contributed by atoms with E-state index in [0.29, 0.717) is 6.33 Å². The molecule has 0 aliphatic carbocycles. The van der Waals surface area contributed by atoms with Gasteiger partial charge < -0.3 is 9.64 Å². The van der Waals surface area contributed by atoms with Gasteiger partial charge in [0.2, 0.25) is 0 Å². The van der Waals surface area contributed by atoms with Crippen molar-refractivity contribution in [2.75, 3.05) is 13.1 Å². The van der Waals surface area contributed by atoms with Gasteiger partial charge in [-0.05, 0) is 45.4 Å². The number of rotatable bonds is 3. The van der Waals surface area contributed by atoms with Gasteiger partial charge >= 0.3 is 0 Å². The van der Waals surface area contributed by atoms with Crippen molar-refractivity contribution in [1.82, 2.24) is 4.90 Å². The fraction of sp³-hybridized carbons (Fsp3) is 0.571. The minimum absolute atomic E-state index is 0.262. The zero-order chi connectivity index (χ0) is 12.8. The zero-order valence-corrected chi connectivity index (χ0v) is 11.1. The van der Waals surface area contributed by atoms with Crippen LogP contribution in [0.1, 0.15) is 27.7 Å². The molecule has 1 fully saturated rings. The maximum atomic E-state index is 12.0. The first-order valence-corrected chi connectivity index (χ1v) is 6.05. The van der Waals surface area contributed by atoms with Crippen LogP contribution in [-0.2, 0) is 4.74 Å². The number of hydrogen-bond donors (Lipinski definition) is 0. The van der Waals surface area contributed by atoms with E-state index in [1.54, 1.807) is 0 Å². The normalized spacial score (nSPS) is 27.9. The lowest BCUT2D eigenvalue weighted by atomic mass is 10.2. The summed E-state index contributed by atoms with van der Waals surface area (Å²) in [7, 11) is 0. The van der Waals surface area contributed by atoms with E-state index >= 15 is 0 Å². The van der Waals surface area contributed by atoms with E-state index < -0.39 is 0 Å². The number of hydrogen-bond acceptors (Lipinski definition) is 2. The summed E-state index contributed by atoms with van der Waals surface area (Å²) in [5.74, 6) is 0. The molecule has 2 nitrogen and oxygen atoms in total. The lowest BCUT2D eigenvalue weighted by Gasteiger charge is -2.37. The lowest BCUT2D eigenvalue weighted by molar-refractivity contribution is -0.0577. The number of ether oxygens (including phenoxy) is 1. The van der Waals surface area contributed by atoms with Gasteiger partial charge in [0.15, 0.2) is 0 Å². The largest absolute Gasteiger partial charge is 0.372 e. The van der Waals surface area contributed by atoms with Crippen LogP contribution in [0.25, 0.3) is 0 Å². The first kappa shape index (κ1) is 14.0. The molecule has 17 heavy (non-hydrogen) atoms. The first-order valence-electron chi connectivity index (χ1n) is 6.05. The van der Waals surface area contributed by atoms with Crippen LogP contribution in [-0.4, -0.2) is 30.2 Å². The molecule has 2 unspecified atom stereocenters. The molecule has 0 N–H and O–H groups in total. The predicted molar refractivity (Wildman–Crippen MR) is 69.3 cm³/mol. The van der Waals surface area contributed by atoms with E-state index in [1.165, 1.54) is 11.8 Å². The Balaban J connectivity index is 2.65. The molecular formula is C14H22FNO. The van der Waals surface area contributed by atoms with Gasteiger partial charge in [0.25, 0.3) is 0 Å². The summed E-state index contributed by atoms with van der Waals surface area (Å²) >= 11 is 0. The van der Waals surface area contributed by atoms with Crippen LogP contribution < -0.4 is 0 Å². The van der Waals surface area contributed by atoms with Gasteiger partial charge in [0.1, 0.15) is 0 Å². The molecule has 1 rings (SSSR count). The molecule has 2 atom stereocenters. The molecule has 3 heteroatoms. The summed E-state index contributed by atoms with van der Waals surface area (Å²) in [6.45, 7) is 9.96. The molecule has 0 aromatic carbocycles. The SMILES string of the molecule is CC(=C/C=C(\C)N1CC(C)OC(C)C1)/C=C/F. The maximum Gasteiger partial charge on any atom is 0.0869 e. The summed E-state index contributed by atoms with van der Waals surface area (Å²) in [4.78, 5) is 2.31. The highest BCUT2D eigenvalue weighted by Crippen LogP contribution is 2.15. The Bertz CT molecular complexity index is 323. The molecule has 1 saturated heterocycles. The van der Waals surface area contributed by atoms with Gasteiger partial charge in [-0.1, -0.05) is 6.08 Å². The molecule has 0 radical (unpaired) electrons. The monoisotopic (exact) mass is 239 g/mol. The molecule has 0 saturated carbocycles. The van der Waals surface area contributed by atoms with Crippen LogP contribution in [0, 0.1) is 0 Å². The Hall–Kier alpha value is -1.09. The third-order valence-corrected chi connectivity index (χ3v) is 2.83. The maximum absolute atomic E-state index is 12.0. The lowest BCUT2D eigenvalue weighted by Crippen LogP contribution is -2.44. The smallest absolute Gasteiger partial charge is 0.0869 e. The zero-order valence-electron chi connectivity index (χ0n) is 11.1. The molecule has 1 aliphatic heterocycles. The van der Waals surface area contributed by atoms with Crippen molar-refractivity contribution in [3.05, 3.63) is 35.8 Å². The van der Waals surface area contributed by atoms with Crippen LogP contribution in [0.5, 0.6) is 0 Å². The van der Waals surface area contributed by atoms with Crippen LogP contribution in [0.4, 0.5) is 4.39 Å². The van der Waals surface area contributed by atoms with Crippen LogP contribution >= 0.6 is 0 Å². The van der Waals surface area contributed by atoms with Crippen molar-refractivity contribution < 1.29 is 9.13 Å². The number of halogens is 1. The number of allylic oxidation sites excluding steroid dienone is 5. The molecule has 0 spiro atoms. The molecule has 0 amide bonds. The highest BCUT2D eigenvalue weighted by atomic mass is 19.1. The fourth-order valence-corrected chi connectivity index (χ4v) is 1.98. The third kappa shape index (κ3) is 4.73. The molecule has 1 aliphatic rings. The summed E-state index contributed by atoms with van der Waals surface area (Å²) in [6.07, 6.45) is 6.49. The fourth-order valence-electron chi connectivity index (χ4n) is 1.98. The van der Waals surface area contributed by atoms with Crippen molar-refractivity contribution in [3.63, 3.8) is 0 Å². The predicted octanol–water partition coefficient (Wildman–Crippen LogP) is 3.43. The average molecular weight is 239 g/mol. The van der Waals surface area contributed by atoms with Crippen molar-refractivity contribution in [2.45, 2.75) is 39.9 Å². The van der Waals surface area contributed by atoms with Crippen molar-refractivity contribution in [2.24, 2.45) is 0 Å². The highest BCUT2D eigenvalue weighted by Gasteiger charge is 2.21. The quantitative estimate of drug-likeness (QED) is 0.700. The van der Waals surface area contributed by atoms with E-state index in [0.717, 1.165) is 18.7 Å². The van der Waals surface area contributed by atoms with E-state index in [4.69, 9.17) is 4.74 Å². The van der Waals surface area contributed by atoms with E-state index in [9.17, 15) is 4.39 Å². The Morgan fingerprint density at radius 1 is 1.18 bits per heavy atom. The minimum atomic E-state index is 0.262. The van der Waals surface area contributed by atoms with Gasteiger partial charge in [-0.25, -0.2) is 4.39 Å². The summed E-state index contributed by atoms with van der Waals surface area (Å²) < 4.78 is 17.6. The highest BCUT2D eigenvalue weighted by molar-refractivity contribution is 5.22. The molecule has 0 aromatic rings. The van der Waals surface area contributed by atoms with Gasteiger partial charge in [-0.3, -0.25) is 0 Å².